The summed E-state index contributed by atoms with van der Waals surface area (Å²) < 4.78 is 3.55. The topological polar surface area (TPSA) is 118 Å². The van der Waals surface area contributed by atoms with Gasteiger partial charge in [0.2, 0.25) is 5.91 Å². The van der Waals surface area contributed by atoms with E-state index >= 15 is 0 Å². The standard InChI is InChI=1S/C7H10N4O3S/c8-4(1-2-6(12)13)7(14)10-5-3-9-11-15-5/h3-4H,1-2,8H2,(H,10,14)(H,12,13). The van der Waals surface area contributed by atoms with Gasteiger partial charge in [-0.15, -0.1) is 5.10 Å². The predicted molar refractivity (Wildman–Crippen MR) is 53.4 cm³/mol. The van der Waals surface area contributed by atoms with Crippen LogP contribution in [0.4, 0.5) is 5.00 Å². The van der Waals surface area contributed by atoms with Gasteiger partial charge in [0.1, 0.15) is 5.00 Å². The molecule has 1 heterocycles. The maximum absolute atomic E-state index is 11.3. The van der Waals surface area contributed by atoms with Crippen molar-refractivity contribution in [2.24, 2.45) is 5.73 Å². The summed E-state index contributed by atoms with van der Waals surface area (Å²) in [6.45, 7) is 0. The minimum atomic E-state index is -0.974. The first kappa shape index (κ1) is 11.5. The van der Waals surface area contributed by atoms with Gasteiger partial charge in [-0.2, -0.15) is 0 Å². The molecule has 15 heavy (non-hydrogen) atoms. The molecule has 1 aromatic rings. The average molecular weight is 230 g/mol. The highest BCUT2D eigenvalue weighted by Gasteiger charge is 2.15. The number of nitrogens with one attached hydrogen (secondary N) is 1. The van der Waals surface area contributed by atoms with Crippen LogP contribution in [0.15, 0.2) is 6.20 Å². The normalized spacial score (nSPS) is 12.1. The fourth-order valence-electron chi connectivity index (χ4n) is 0.846. The molecule has 0 bridgehead atoms. The molecule has 0 saturated carbocycles. The third-order valence-corrected chi connectivity index (χ3v) is 2.19. The Bertz CT molecular complexity index is 340. The molecule has 8 heteroatoms. The smallest absolute Gasteiger partial charge is 0.303 e. The Kier molecular flexibility index (Phi) is 4.13. The second-order valence-corrected chi connectivity index (χ2v) is 3.60. The molecule has 1 rings (SSSR count). The molecule has 0 radical (unpaired) electrons. The Morgan fingerprint density at radius 2 is 2.40 bits per heavy atom. The number of anilines is 1. The van der Waals surface area contributed by atoms with E-state index in [4.69, 9.17) is 10.8 Å². The molecule has 7 nitrogen and oxygen atoms in total. The number of nitrogens with two attached hydrogens (primary N) is 1. The summed E-state index contributed by atoms with van der Waals surface area (Å²) in [5.41, 5.74) is 5.47. The molecule has 4 N–H and O–H groups in total. The molecule has 1 amide bonds. The lowest BCUT2D eigenvalue weighted by Crippen LogP contribution is -2.35. The lowest BCUT2D eigenvalue weighted by atomic mass is 10.1. The number of hydrogen-bond acceptors (Lipinski definition) is 6. The van der Waals surface area contributed by atoms with Gasteiger partial charge in [0.25, 0.3) is 0 Å². The Labute approximate surface area is 89.5 Å². The number of aliphatic carboxylic acids is 1. The summed E-state index contributed by atoms with van der Waals surface area (Å²) in [7, 11) is 0. The second-order valence-electron chi connectivity index (χ2n) is 2.81. The number of amides is 1. The van der Waals surface area contributed by atoms with Gasteiger partial charge in [-0.25, -0.2) is 0 Å². The Morgan fingerprint density at radius 1 is 1.67 bits per heavy atom. The van der Waals surface area contributed by atoms with E-state index < -0.39 is 17.9 Å². The number of carbonyl (C=O) groups excluding carboxylic acids is 1. The summed E-state index contributed by atoms with van der Waals surface area (Å²) in [5, 5.41) is 14.9. The van der Waals surface area contributed by atoms with Gasteiger partial charge in [0.15, 0.2) is 0 Å². The Balaban J connectivity index is 2.36. The maximum atomic E-state index is 11.3. The Morgan fingerprint density at radius 3 is 2.93 bits per heavy atom. The van der Waals surface area contributed by atoms with Crippen molar-refractivity contribution in [1.29, 1.82) is 0 Å². The number of hydrogen-bond donors (Lipinski definition) is 3. The fourth-order valence-corrected chi connectivity index (χ4v) is 1.27. The summed E-state index contributed by atoms with van der Waals surface area (Å²) in [6.07, 6.45) is 1.37. The minimum absolute atomic E-state index is 0.105. The molecule has 0 aliphatic carbocycles. The van der Waals surface area contributed by atoms with Crippen LogP contribution in [0.5, 0.6) is 0 Å². The van der Waals surface area contributed by atoms with E-state index in [1.807, 2.05) is 0 Å². The highest BCUT2D eigenvalue weighted by Crippen LogP contribution is 2.09. The average Bonchev–Trinajstić information content (AvgIpc) is 2.66. The van der Waals surface area contributed by atoms with Crippen LogP contribution >= 0.6 is 11.5 Å². The molecule has 1 unspecified atom stereocenters. The lowest BCUT2D eigenvalue weighted by Gasteiger charge is -2.08. The van der Waals surface area contributed by atoms with E-state index in [0.29, 0.717) is 5.00 Å². The van der Waals surface area contributed by atoms with E-state index in [2.05, 4.69) is 14.9 Å². The van der Waals surface area contributed by atoms with Crippen LogP contribution in [-0.4, -0.2) is 32.6 Å². The third-order valence-electron chi connectivity index (χ3n) is 1.61. The monoisotopic (exact) mass is 230 g/mol. The highest BCUT2D eigenvalue weighted by atomic mass is 32.1. The first-order valence-electron chi connectivity index (χ1n) is 4.15. The summed E-state index contributed by atoms with van der Waals surface area (Å²) >= 11 is 1.03. The molecule has 0 fully saturated rings. The lowest BCUT2D eigenvalue weighted by molar-refractivity contribution is -0.137. The van der Waals surface area contributed by atoms with E-state index in [1.54, 1.807) is 0 Å². The highest BCUT2D eigenvalue weighted by molar-refractivity contribution is 7.10. The van der Waals surface area contributed by atoms with Crippen molar-refractivity contribution in [3.63, 3.8) is 0 Å². The van der Waals surface area contributed by atoms with Gasteiger partial charge in [0.05, 0.1) is 12.2 Å². The number of rotatable bonds is 5. The van der Waals surface area contributed by atoms with Gasteiger partial charge in [0, 0.05) is 18.0 Å². The largest absolute Gasteiger partial charge is 0.481 e. The molecule has 0 aromatic carbocycles. The Hall–Kier alpha value is -1.54. The minimum Gasteiger partial charge on any atom is -0.481 e. The van der Waals surface area contributed by atoms with Gasteiger partial charge in [-0.05, 0) is 6.42 Å². The van der Waals surface area contributed by atoms with Crippen LogP contribution in [0.25, 0.3) is 0 Å². The SMILES string of the molecule is NC(CCC(=O)O)C(=O)Nc1cnns1. The van der Waals surface area contributed by atoms with Crippen LogP contribution in [-0.2, 0) is 9.59 Å². The number of carboxylic acid groups (broad SMARTS) is 1. The van der Waals surface area contributed by atoms with E-state index in [-0.39, 0.29) is 12.8 Å². The zero-order chi connectivity index (χ0) is 11.3. The fraction of sp³-hybridized carbons (Fsp3) is 0.429. The van der Waals surface area contributed by atoms with Gasteiger partial charge in [-0.3, -0.25) is 9.59 Å². The molecule has 0 saturated heterocycles. The van der Waals surface area contributed by atoms with Crippen molar-refractivity contribution >= 4 is 28.4 Å². The van der Waals surface area contributed by atoms with Crippen LogP contribution in [0.1, 0.15) is 12.8 Å². The number of nitrogens with zero attached hydrogens (tertiary/aromatic N) is 2. The predicted octanol–water partition coefficient (Wildman–Crippen LogP) is -0.331. The molecule has 0 aliphatic heterocycles. The summed E-state index contributed by atoms with van der Waals surface area (Å²) in [4.78, 5) is 21.6. The van der Waals surface area contributed by atoms with Crippen LogP contribution in [0, 0.1) is 0 Å². The molecule has 0 aliphatic rings. The molecular formula is C7H10N4O3S. The van der Waals surface area contributed by atoms with Crippen molar-refractivity contribution in [3.8, 4) is 0 Å². The third kappa shape index (κ3) is 4.00. The number of aromatic nitrogens is 2. The molecule has 1 atom stereocenters. The van der Waals surface area contributed by atoms with Crippen molar-refractivity contribution in [3.05, 3.63) is 6.20 Å². The van der Waals surface area contributed by atoms with Crippen molar-refractivity contribution < 1.29 is 14.7 Å². The van der Waals surface area contributed by atoms with Crippen molar-refractivity contribution in [1.82, 2.24) is 9.59 Å². The van der Waals surface area contributed by atoms with Crippen LogP contribution < -0.4 is 11.1 Å². The molecule has 82 valence electrons. The number of carboxylic acids is 1. The quantitative estimate of drug-likeness (QED) is 0.637. The first-order chi connectivity index (χ1) is 7.09. The van der Waals surface area contributed by atoms with Gasteiger partial charge < -0.3 is 16.2 Å². The molecule has 0 spiro atoms. The van der Waals surface area contributed by atoms with E-state index in [1.165, 1.54) is 6.20 Å². The maximum Gasteiger partial charge on any atom is 0.303 e. The van der Waals surface area contributed by atoms with Gasteiger partial charge >= 0.3 is 5.97 Å². The first-order valence-corrected chi connectivity index (χ1v) is 4.92. The van der Waals surface area contributed by atoms with Crippen molar-refractivity contribution in [2.45, 2.75) is 18.9 Å². The van der Waals surface area contributed by atoms with E-state index in [9.17, 15) is 9.59 Å². The molecule has 1 aromatic heterocycles. The van der Waals surface area contributed by atoms with Crippen molar-refractivity contribution in [2.75, 3.05) is 5.32 Å². The second kappa shape index (κ2) is 5.37. The zero-order valence-electron chi connectivity index (χ0n) is 7.71. The van der Waals surface area contributed by atoms with E-state index in [0.717, 1.165) is 11.5 Å². The summed E-state index contributed by atoms with van der Waals surface area (Å²) in [6, 6.07) is -0.830. The van der Waals surface area contributed by atoms with Gasteiger partial charge in [-0.1, -0.05) is 4.49 Å². The zero-order valence-corrected chi connectivity index (χ0v) is 8.53. The summed E-state index contributed by atoms with van der Waals surface area (Å²) in [5.74, 6) is -1.40. The number of carbonyl (C=O) groups is 2. The molecular weight excluding hydrogens is 220 g/mol. The van der Waals surface area contributed by atoms with Crippen LogP contribution in [0.2, 0.25) is 0 Å². The van der Waals surface area contributed by atoms with Crippen LogP contribution in [0.3, 0.4) is 0 Å².